The first-order chi connectivity index (χ1) is 11.3. The Hall–Kier alpha value is -0.970. The van der Waals surface area contributed by atoms with Crippen LogP contribution in [0.5, 0.6) is 0 Å². The number of rotatable bonds is 4. The van der Waals surface area contributed by atoms with Gasteiger partial charge in [0.2, 0.25) is 0 Å². The van der Waals surface area contributed by atoms with Crippen molar-refractivity contribution in [2.45, 2.75) is 25.1 Å². The zero-order valence-electron chi connectivity index (χ0n) is 14.1. The van der Waals surface area contributed by atoms with E-state index in [1.54, 1.807) is 11.3 Å². The highest BCUT2D eigenvalue weighted by Crippen LogP contribution is 2.34. The summed E-state index contributed by atoms with van der Waals surface area (Å²) in [5, 5.41) is 1.49. The topological polar surface area (TPSA) is 11.4 Å². The molecule has 0 saturated carbocycles. The standard InChI is InChI=1S/C19H27N3S/c1-20-10-12-21(13-11-20)8-4-9-22-18-6-3-2-5-16(18)17-15-23-14-7-19(17)22/h2-3,5-6H,4,7-15H2,1H3. The summed E-state index contributed by atoms with van der Waals surface area (Å²) in [7, 11) is 2.23. The van der Waals surface area contributed by atoms with Gasteiger partial charge in [0.1, 0.15) is 0 Å². The van der Waals surface area contributed by atoms with Crippen molar-refractivity contribution in [1.82, 2.24) is 14.4 Å². The Morgan fingerprint density at radius 3 is 2.74 bits per heavy atom. The van der Waals surface area contributed by atoms with E-state index in [0.29, 0.717) is 0 Å². The Kier molecular flexibility index (Phi) is 4.65. The average Bonchev–Trinajstić information content (AvgIpc) is 2.91. The van der Waals surface area contributed by atoms with Gasteiger partial charge in [0.15, 0.2) is 0 Å². The second-order valence-corrected chi connectivity index (χ2v) is 8.00. The van der Waals surface area contributed by atoms with Gasteiger partial charge in [-0.25, -0.2) is 0 Å². The summed E-state index contributed by atoms with van der Waals surface area (Å²) >= 11 is 2.09. The van der Waals surface area contributed by atoms with Crippen LogP contribution in [0.3, 0.4) is 0 Å². The van der Waals surface area contributed by atoms with Gasteiger partial charge in [-0.15, -0.1) is 0 Å². The molecular formula is C19H27N3S. The Morgan fingerprint density at radius 1 is 1.04 bits per heavy atom. The fraction of sp³-hybridized carbons (Fsp3) is 0.579. The number of likely N-dealkylation sites (N-methyl/N-ethyl adjacent to an activating group) is 1. The third-order valence-electron chi connectivity index (χ3n) is 5.38. The second kappa shape index (κ2) is 6.88. The van der Waals surface area contributed by atoms with E-state index < -0.39 is 0 Å². The van der Waals surface area contributed by atoms with Crippen molar-refractivity contribution < 1.29 is 0 Å². The Labute approximate surface area is 143 Å². The van der Waals surface area contributed by atoms with Crippen molar-refractivity contribution in [3.05, 3.63) is 35.5 Å². The van der Waals surface area contributed by atoms with Crippen LogP contribution in [0.25, 0.3) is 10.9 Å². The van der Waals surface area contributed by atoms with Gasteiger partial charge < -0.3 is 14.4 Å². The molecule has 4 heteroatoms. The maximum Gasteiger partial charge on any atom is 0.0485 e. The molecule has 2 aromatic rings. The molecule has 1 aromatic heterocycles. The number of nitrogens with zero attached hydrogens (tertiary/aromatic N) is 3. The number of aromatic nitrogens is 1. The Balaban J connectivity index is 1.48. The van der Waals surface area contributed by atoms with E-state index >= 15 is 0 Å². The van der Waals surface area contributed by atoms with Crippen molar-refractivity contribution in [3.8, 4) is 0 Å². The molecule has 0 aliphatic carbocycles. The molecule has 0 spiro atoms. The first kappa shape index (κ1) is 15.6. The van der Waals surface area contributed by atoms with Crippen LogP contribution in [-0.4, -0.2) is 59.9 Å². The molecular weight excluding hydrogens is 302 g/mol. The van der Waals surface area contributed by atoms with Crippen molar-refractivity contribution in [2.24, 2.45) is 0 Å². The molecule has 23 heavy (non-hydrogen) atoms. The summed E-state index contributed by atoms with van der Waals surface area (Å²) in [6, 6.07) is 9.01. The average molecular weight is 330 g/mol. The van der Waals surface area contributed by atoms with Gasteiger partial charge in [-0.2, -0.15) is 11.8 Å². The smallest absolute Gasteiger partial charge is 0.0485 e. The quantitative estimate of drug-likeness (QED) is 0.855. The fourth-order valence-corrected chi connectivity index (χ4v) is 5.01. The lowest BCUT2D eigenvalue weighted by Gasteiger charge is -2.32. The zero-order chi connectivity index (χ0) is 15.6. The molecule has 0 radical (unpaired) electrons. The molecule has 1 fully saturated rings. The molecule has 0 bridgehead atoms. The number of hydrogen-bond acceptors (Lipinski definition) is 3. The molecule has 1 saturated heterocycles. The molecule has 0 N–H and O–H groups in total. The minimum absolute atomic E-state index is 1.17. The molecule has 1 aromatic carbocycles. The van der Waals surface area contributed by atoms with Gasteiger partial charge in [-0.3, -0.25) is 0 Å². The van der Waals surface area contributed by atoms with E-state index in [1.165, 1.54) is 74.5 Å². The van der Waals surface area contributed by atoms with Crippen LogP contribution in [0, 0.1) is 0 Å². The third-order valence-corrected chi connectivity index (χ3v) is 6.36. The van der Waals surface area contributed by atoms with Crippen molar-refractivity contribution in [2.75, 3.05) is 45.5 Å². The highest BCUT2D eigenvalue weighted by atomic mass is 32.2. The lowest BCUT2D eigenvalue weighted by atomic mass is 10.1. The van der Waals surface area contributed by atoms with Crippen LogP contribution in [-0.2, 0) is 18.7 Å². The van der Waals surface area contributed by atoms with E-state index in [9.17, 15) is 0 Å². The minimum Gasteiger partial charge on any atom is -0.344 e. The molecule has 4 rings (SSSR count). The SMILES string of the molecule is CN1CCN(CCCn2c3c(c4ccccc42)CSCC3)CC1. The summed E-state index contributed by atoms with van der Waals surface area (Å²) < 4.78 is 2.63. The predicted octanol–water partition coefficient (Wildman–Crippen LogP) is 3.07. The third kappa shape index (κ3) is 3.17. The molecule has 2 aliphatic heterocycles. The first-order valence-corrected chi connectivity index (χ1v) is 10.1. The normalized spacial score (nSPS) is 20.0. The Morgan fingerprint density at radius 2 is 1.87 bits per heavy atom. The fourth-order valence-electron chi connectivity index (χ4n) is 4.00. The Bertz CT molecular complexity index is 671. The summed E-state index contributed by atoms with van der Waals surface area (Å²) in [4.78, 5) is 5.07. The molecule has 2 aliphatic rings. The molecule has 124 valence electrons. The monoisotopic (exact) mass is 329 g/mol. The number of piperazine rings is 1. The molecule has 0 amide bonds. The number of para-hydroxylation sites is 1. The van der Waals surface area contributed by atoms with Crippen LogP contribution in [0.2, 0.25) is 0 Å². The highest BCUT2D eigenvalue weighted by molar-refractivity contribution is 7.98. The van der Waals surface area contributed by atoms with E-state index in [1.807, 2.05) is 0 Å². The van der Waals surface area contributed by atoms with Gasteiger partial charge in [0, 0.05) is 55.1 Å². The summed E-state index contributed by atoms with van der Waals surface area (Å²) in [5.41, 5.74) is 4.68. The zero-order valence-corrected chi connectivity index (χ0v) is 14.9. The summed E-state index contributed by atoms with van der Waals surface area (Å²) in [5.74, 6) is 2.48. The highest BCUT2D eigenvalue weighted by Gasteiger charge is 2.20. The number of aryl methyl sites for hydroxylation is 1. The van der Waals surface area contributed by atoms with Crippen LogP contribution >= 0.6 is 11.8 Å². The largest absolute Gasteiger partial charge is 0.344 e. The summed E-state index contributed by atoms with van der Waals surface area (Å²) in [6.45, 7) is 7.32. The van der Waals surface area contributed by atoms with Crippen molar-refractivity contribution >= 4 is 22.7 Å². The predicted molar refractivity (Wildman–Crippen MR) is 100 cm³/mol. The minimum atomic E-state index is 1.17. The maximum atomic E-state index is 2.63. The van der Waals surface area contributed by atoms with Crippen LogP contribution in [0.4, 0.5) is 0 Å². The number of fused-ring (bicyclic) bond motifs is 3. The van der Waals surface area contributed by atoms with Gasteiger partial charge in [-0.1, -0.05) is 18.2 Å². The number of hydrogen-bond donors (Lipinski definition) is 0. The number of thioether (sulfide) groups is 1. The van der Waals surface area contributed by atoms with Crippen LogP contribution < -0.4 is 0 Å². The van der Waals surface area contributed by atoms with Gasteiger partial charge in [0.05, 0.1) is 0 Å². The molecule has 3 heterocycles. The maximum absolute atomic E-state index is 2.63. The van der Waals surface area contributed by atoms with E-state index in [4.69, 9.17) is 0 Å². The number of benzene rings is 1. The van der Waals surface area contributed by atoms with Crippen LogP contribution in [0.1, 0.15) is 17.7 Å². The molecule has 0 unspecified atom stereocenters. The van der Waals surface area contributed by atoms with Gasteiger partial charge in [-0.05, 0) is 43.8 Å². The lowest BCUT2D eigenvalue weighted by molar-refractivity contribution is 0.151. The molecule has 3 nitrogen and oxygen atoms in total. The van der Waals surface area contributed by atoms with E-state index in [2.05, 4.69) is 57.4 Å². The van der Waals surface area contributed by atoms with Crippen LogP contribution in [0.15, 0.2) is 24.3 Å². The van der Waals surface area contributed by atoms with Gasteiger partial charge in [0.25, 0.3) is 0 Å². The van der Waals surface area contributed by atoms with Crippen molar-refractivity contribution in [3.63, 3.8) is 0 Å². The summed E-state index contributed by atoms with van der Waals surface area (Å²) in [6.07, 6.45) is 2.51. The first-order valence-electron chi connectivity index (χ1n) is 8.90. The van der Waals surface area contributed by atoms with E-state index in [-0.39, 0.29) is 0 Å². The lowest BCUT2D eigenvalue weighted by Crippen LogP contribution is -2.44. The van der Waals surface area contributed by atoms with E-state index in [0.717, 1.165) is 0 Å². The van der Waals surface area contributed by atoms with Crippen molar-refractivity contribution in [1.29, 1.82) is 0 Å². The molecule has 0 atom stereocenters. The van der Waals surface area contributed by atoms with Gasteiger partial charge >= 0.3 is 0 Å². The second-order valence-electron chi connectivity index (χ2n) is 6.90.